The number of para-hydroxylation sites is 1. The predicted molar refractivity (Wildman–Crippen MR) is 124 cm³/mol. The molecule has 5 rings (SSSR count). The number of nitrogens with one attached hydrogen (secondary N) is 4. The maximum atomic E-state index is 13.6. The number of ether oxygens (including phenoxy) is 1. The molecule has 2 aliphatic heterocycles. The second kappa shape index (κ2) is 8.68. The number of aliphatic imine (C=N–C) groups is 1. The number of H-pyrrole nitrogens is 1. The van der Waals surface area contributed by atoms with Gasteiger partial charge in [0.1, 0.15) is 11.6 Å². The monoisotopic (exact) mass is 448 g/mol. The number of benzene rings is 2. The van der Waals surface area contributed by atoms with Crippen LogP contribution in [0.1, 0.15) is 33.6 Å². The van der Waals surface area contributed by atoms with Gasteiger partial charge in [0.15, 0.2) is 6.23 Å². The summed E-state index contributed by atoms with van der Waals surface area (Å²) in [6.07, 6.45) is 0.218. The van der Waals surface area contributed by atoms with E-state index >= 15 is 0 Å². The molecule has 1 atom stereocenters. The number of carbonyl (C=O) groups is 1. The van der Waals surface area contributed by atoms with Gasteiger partial charge in [0.2, 0.25) is 5.90 Å². The Morgan fingerprint density at radius 1 is 1.30 bits per heavy atom. The average molecular weight is 449 g/mol. The summed E-state index contributed by atoms with van der Waals surface area (Å²) < 4.78 is 20.0. The van der Waals surface area contributed by atoms with E-state index in [1.807, 2.05) is 19.1 Å². The lowest BCUT2D eigenvalue weighted by Gasteiger charge is -2.22. The van der Waals surface area contributed by atoms with Gasteiger partial charge in [-0.05, 0) is 36.3 Å². The second-order valence-electron chi connectivity index (χ2n) is 8.19. The van der Waals surface area contributed by atoms with Crippen molar-refractivity contribution in [1.82, 2.24) is 20.9 Å². The molecule has 2 aromatic carbocycles. The van der Waals surface area contributed by atoms with Crippen molar-refractivity contribution in [3.8, 4) is 0 Å². The number of amides is 1. The molecule has 170 valence electrons. The van der Waals surface area contributed by atoms with Crippen LogP contribution in [-0.4, -0.2) is 36.2 Å². The summed E-state index contributed by atoms with van der Waals surface area (Å²) in [5, 5.41) is 10.8. The number of rotatable bonds is 5. The van der Waals surface area contributed by atoms with Gasteiger partial charge in [0.05, 0.1) is 23.3 Å². The van der Waals surface area contributed by atoms with Crippen molar-refractivity contribution in [3.05, 3.63) is 82.1 Å². The van der Waals surface area contributed by atoms with E-state index in [-0.39, 0.29) is 12.0 Å². The first-order valence-corrected chi connectivity index (χ1v) is 10.8. The fourth-order valence-corrected chi connectivity index (χ4v) is 4.32. The number of fused-ring (bicyclic) bond motifs is 1. The van der Waals surface area contributed by atoms with Crippen LogP contribution in [-0.2, 0) is 11.3 Å². The van der Waals surface area contributed by atoms with Gasteiger partial charge in [0, 0.05) is 30.6 Å². The number of aromatic amines is 1. The standard InChI is InChI=1S/C24H25FN6O2/c1-13-20(17-6-3-7-18(22(26)32)21(17)30-13)24-31-23-15(11-27-12-29-23)9-19(33-24)28-10-14-4-2-5-16(25)8-14/h2-8,19,27-30H,9-12H2,1H3,(H2,26,32). The van der Waals surface area contributed by atoms with Gasteiger partial charge in [0.25, 0.3) is 5.91 Å². The molecule has 0 aliphatic carbocycles. The zero-order chi connectivity index (χ0) is 22.9. The van der Waals surface area contributed by atoms with Gasteiger partial charge in [-0.2, -0.15) is 4.99 Å². The average Bonchev–Trinajstić information content (AvgIpc) is 3.02. The predicted octanol–water partition coefficient (Wildman–Crippen LogP) is 2.36. The summed E-state index contributed by atoms with van der Waals surface area (Å²) in [5.74, 6) is 0.440. The molecule has 1 amide bonds. The summed E-state index contributed by atoms with van der Waals surface area (Å²) in [5.41, 5.74) is 10.2. The third-order valence-corrected chi connectivity index (χ3v) is 5.88. The molecule has 9 heteroatoms. The van der Waals surface area contributed by atoms with E-state index in [1.165, 1.54) is 12.1 Å². The molecule has 0 radical (unpaired) electrons. The molecule has 0 saturated carbocycles. The molecular formula is C24H25FN6O2. The molecule has 0 fully saturated rings. The summed E-state index contributed by atoms with van der Waals surface area (Å²) in [7, 11) is 0. The smallest absolute Gasteiger partial charge is 0.250 e. The Balaban J connectivity index is 1.52. The van der Waals surface area contributed by atoms with Crippen LogP contribution in [0.15, 0.2) is 58.9 Å². The maximum Gasteiger partial charge on any atom is 0.250 e. The molecule has 3 aromatic rings. The van der Waals surface area contributed by atoms with E-state index in [0.717, 1.165) is 33.6 Å². The van der Waals surface area contributed by atoms with Gasteiger partial charge in [-0.3, -0.25) is 15.4 Å². The number of primary amides is 1. The Hall–Kier alpha value is -3.69. The quantitative estimate of drug-likeness (QED) is 0.411. The highest BCUT2D eigenvalue weighted by molar-refractivity contribution is 6.13. The Bertz CT molecular complexity index is 1300. The number of nitrogens with zero attached hydrogens (tertiary/aromatic N) is 1. The number of hydrogen-bond acceptors (Lipinski definition) is 6. The van der Waals surface area contributed by atoms with Crippen LogP contribution in [0.5, 0.6) is 0 Å². The van der Waals surface area contributed by atoms with Crippen molar-refractivity contribution >= 4 is 22.7 Å². The van der Waals surface area contributed by atoms with E-state index in [9.17, 15) is 9.18 Å². The summed E-state index contributed by atoms with van der Waals surface area (Å²) in [4.78, 5) is 20.0. The molecule has 1 aromatic heterocycles. The fourth-order valence-electron chi connectivity index (χ4n) is 4.32. The van der Waals surface area contributed by atoms with Crippen molar-refractivity contribution in [3.63, 3.8) is 0 Å². The van der Waals surface area contributed by atoms with Crippen LogP contribution >= 0.6 is 0 Å². The van der Waals surface area contributed by atoms with Crippen LogP contribution in [0.25, 0.3) is 10.9 Å². The first kappa shape index (κ1) is 21.2. The molecule has 0 spiro atoms. The minimum atomic E-state index is -0.503. The molecule has 1 unspecified atom stereocenters. The van der Waals surface area contributed by atoms with Crippen molar-refractivity contribution in [1.29, 1.82) is 0 Å². The number of halogens is 1. The zero-order valence-corrected chi connectivity index (χ0v) is 18.2. The summed E-state index contributed by atoms with van der Waals surface area (Å²) >= 11 is 0. The van der Waals surface area contributed by atoms with Crippen molar-refractivity contribution in [2.75, 3.05) is 13.2 Å². The van der Waals surface area contributed by atoms with Crippen LogP contribution in [0.2, 0.25) is 0 Å². The second-order valence-corrected chi connectivity index (χ2v) is 8.19. The minimum absolute atomic E-state index is 0.274. The lowest BCUT2D eigenvalue weighted by atomic mass is 10.1. The van der Waals surface area contributed by atoms with Crippen molar-refractivity contribution in [2.24, 2.45) is 10.7 Å². The number of carbonyl (C=O) groups excluding carboxylic acids is 1. The summed E-state index contributed by atoms with van der Waals surface area (Å²) in [6.45, 7) is 3.66. The minimum Gasteiger partial charge on any atom is -0.458 e. The number of nitrogens with two attached hydrogens (primary N) is 1. The van der Waals surface area contributed by atoms with E-state index in [0.29, 0.717) is 43.2 Å². The van der Waals surface area contributed by atoms with Gasteiger partial charge in [-0.25, -0.2) is 4.39 Å². The Kier molecular flexibility index (Phi) is 5.57. The van der Waals surface area contributed by atoms with Gasteiger partial charge in [-0.15, -0.1) is 0 Å². The van der Waals surface area contributed by atoms with Crippen LogP contribution in [0.4, 0.5) is 4.39 Å². The molecule has 2 aliphatic rings. The van der Waals surface area contributed by atoms with Gasteiger partial charge >= 0.3 is 0 Å². The molecule has 6 N–H and O–H groups in total. The molecule has 0 bridgehead atoms. The Morgan fingerprint density at radius 3 is 2.97 bits per heavy atom. The van der Waals surface area contributed by atoms with Crippen molar-refractivity contribution in [2.45, 2.75) is 26.1 Å². The molecule has 8 nitrogen and oxygen atoms in total. The lowest BCUT2D eigenvalue weighted by Crippen LogP contribution is -2.38. The number of aryl methyl sites for hydroxylation is 1. The van der Waals surface area contributed by atoms with Gasteiger partial charge in [-0.1, -0.05) is 24.3 Å². The van der Waals surface area contributed by atoms with Crippen LogP contribution < -0.4 is 21.7 Å². The Morgan fingerprint density at radius 2 is 2.15 bits per heavy atom. The lowest BCUT2D eigenvalue weighted by molar-refractivity contribution is 0.100. The number of hydrogen-bond donors (Lipinski definition) is 5. The first-order chi connectivity index (χ1) is 16.0. The molecule has 33 heavy (non-hydrogen) atoms. The normalized spacial score (nSPS) is 18.2. The maximum absolute atomic E-state index is 13.6. The van der Waals surface area contributed by atoms with E-state index in [1.54, 1.807) is 18.2 Å². The topological polar surface area (TPSA) is 117 Å². The molecule has 0 saturated heterocycles. The van der Waals surface area contributed by atoms with E-state index < -0.39 is 5.91 Å². The third kappa shape index (κ3) is 4.20. The first-order valence-electron chi connectivity index (χ1n) is 10.8. The van der Waals surface area contributed by atoms with Gasteiger partial charge < -0.3 is 20.8 Å². The van der Waals surface area contributed by atoms with E-state index in [4.69, 9.17) is 15.5 Å². The van der Waals surface area contributed by atoms with Crippen LogP contribution in [0, 0.1) is 12.7 Å². The van der Waals surface area contributed by atoms with Crippen molar-refractivity contribution < 1.29 is 13.9 Å². The molecule has 3 heterocycles. The summed E-state index contributed by atoms with van der Waals surface area (Å²) in [6, 6.07) is 11.9. The van der Waals surface area contributed by atoms with Crippen LogP contribution in [0.3, 0.4) is 0 Å². The Labute approximate surface area is 190 Å². The fraction of sp³-hybridized carbons (Fsp3) is 0.250. The zero-order valence-electron chi connectivity index (χ0n) is 18.2. The van der Waals surface area contributed by atoms with E-state index in [2.05, 4.69) is 20.9 Å². The largest absolute Gasteiger partial charge is 0.458 e. The molecular weight excluding hydrogens is 423 g/mol. The SMILES string of the molecule is Cc1[nH]c2c(C(N)=O)cccc2c1C1=NC2=C(CNCN2)CC(NCc2cccc(F)c2)O1. The highest BCUT2D eigenvalue weighted by atomic mass is 19.1. The highest BCUT2D eigenvalue weighted by Gasteiger charge is 2.27. The highest BCUT2D eigenvalue weighted by Crippen LogP contribution is 2.29. The number of aromatic nitrogens is 1. The third-order valence-electron chi connectivity index (χ3n) is 5.88.